The van der Waals surface area contributed by atoms with Gasteiger partial charge in [0.25, 0.3) is 0 Å². The van der Waals surface area contributed by atoms with Gasteiger partial charge in [-0.05, 0) is 46.2 Å². The summed E-state index contributed by atoms with van der Waals surface area (Å²) in [7, 11) is 1.73. The third kappa shape index (κ3) is 8.03. The molecule has 0 spiro atoms. The van der Waals surface area contributed by atoms with Crippen LogP contribution < -0.4 is 5.32 Å². The van der Waals surface area contributed by atoms with Crippen molar-refractivity contribution < 1.29 is 4.74 Å². The van der Waals surface area contributed by atoms with Crippen molar-refractivity contribution in [3.8, 4) is 6.07 Å². The van der Waals surface area contributed by atoms with Crippen molar-refractivity contribution in [2.24, 2.45) is 5.41 Å². The Morgan fingerprint density at radius 3 is 2.57 bits per heavy atom. The first kappa shape index (κ1) is 13.4. The van der Waals surface area contributed by atoms with Crippen LogP contribution in [0.3, 0.4) is 0 Å². The molecule has 0 rings (SSSR count). The maximum Gasteiger partial charge on any atom is 0.0684 e. The summed E-state index contributed by atoms with van der Waals surface area (Å²) in [6.07, 6.45) is 3.15. The van der Waals surface area contributed by atoms with Gasteiger partial charge in [0, 0.05) is 13.7 Å². The molecule has 0 aromatic heterocycles. The van der Waals surface area contributed by atoms with Crippen LogP contribution in [0, 0.1) is 16.7 Å². The molecule has 3 nitrogen and oxygen atoms in total. The molecule has 0 aromatic rings. The summed E-state index contributed by atoms with van der Waals surface area (Å²) in [5, 5.41) is 12.1. The van der Waals surface area contributed by atoms with E-state index < -0.39 is 0 Å². The summed E-state index contributed by atoms with van der Waals surface area (Å²) in [6, 6.07) is 2.29. The maximum atomic E-state index is 8.77. The highest BCUT2D eigenvalue weighted by atomic mass is 16.5. The summed E-state index contributed by atoms with van der Waals surface area (Å²) in [5.74, 6) is 0. The van der Waals surface area contributed by atoms with Crippen LogP contribution in [0.2, 0.25) is 0 Å². The lowest BCUT2D eigenvalue weighted by Gasteiger charge is -2.14. The highest BCUT2D eigenvalue weighted by Crippen LogP contribution is 2.16. The molecule has 0 radical (unpaired) electrons. The molecule has 0 unspecified atom stereocenters. The van der Waals surface area contributed by atoms with Gasteiger partial charge in [0.2, 0.25) is 0 Å². The van der Waals surface area contributed by atoms with E-state index in [1.54, 1.807) is 7.11 Å². The highest BCUT2D eigenvalue weighted by molar-refractivity contribution is 4.91. The van der Waals surface area contributed by atoms with Crippen LogP contribution in [0.5, 0.6) is 0 Å². The van der Waals surface area contributed by atoms with Crippen molar-refractivity contribution in [1.82, 2.24) is 5.32 Å². The van der Waals surface area contributed by atoms with Crippen molar-refractivity contribution in [3.05, 3.63) is 0 Å². The lowest BCUT2D eigenvalue weighted by Crippen LogP contribution is -2.22. The van der Waals surface area contributed by atoms with Gasteiger partial charge in [0.1, 0.15) is 0 Å². The number of nitrogens with one attached hydrogen (secondary N) is 1. The summed E-state index contributed by atoms with van der Waals surface area (Å²) in [4.78, 5) is 0. The molecule has 0 atom stereocenters. The Balaban J connectivity index is 3.18. The molecule has 0 aliphatic rings. The van der Waals surface area contributed by atoms with Gasteiger partial charge in [-0.1, -0.05) is 0 Å². The zero-order valence-corrected chi connectivity index (χ0v) is 9.60. The second kappa shape index (κ2) is 7.78. The monoisotopic (exact) mass is 198 g/mol. The summed E-state index contributed by atoms with van der Waals surface area (Å²) >= 11 is 0. The zero-order chi connectivity index (χ0) is 10.9. The molecule has 0 amide bonds. The number of unbranched alkanes of at least 4 members (excludes halogenated alkanes) is 1. The van der Waals surface area contributed by atoms with E-state index in [9.17, 15) is 0 Å². The highest BCUT2D eigenvalue weighted by Gasteiger charge is 2.14. The second-order valence-electron chi connectivity index (χ2n) is 4.20. The molecule has 0 bridgehead atoms. The quantitative estimate of drug-likeness (QED) is 0.606. The SMILES string of the molecule is COCCCCNCCC(C)(C)C#N. The van der Waals surface area contributed by atoms with Crippen molar-refractivity contribution in [1.29, 1.82) is 5.26 Å². The van der Waals surface area contributed by atoms with E-state index in [0.717, 1.165) is 39.0 Å². The Morgan fingerprint density at radius 2 is 2.00 bits per heavy atom. The topological polar surface area (TPSA) is 45.0 Å². The minimum Gasteiger partial charge on any atom is -0.385 e. The Kier molecular flexibility index (Phi) is 7.45. The number of nitrogens with zero attached hydrogens (tertiary/aromatic N) is 1. The van der Waals surface area contributed by atoms with E-state index in [1.165, 1.54) is 0 Å². The molecule has 1 N–H and O–H groups in total. The van der Waals surface area contributed by atoms with E-state index >= 15 is 0 Å². The average Bonchev–Trinajstić information content (AvgIpc) is 2.16. The van der Waals surface area contributed by atoms with Crippen molar-refractivity contribution in [2.75, 3.05) is 26.8 Å². The van der Waals surface area contributed by atoms with E-state index in [0.29, 0.717) is 0 Å². The Labute approximate surface area is 87.4 Å². The molecular weight excluding hydrogens is 176 g/mol. The standard InChI is InChI=1S/C11H22N2O/c1-11(2,10-12)6-8-13-7-4-5-9-14-3/h13H,4-9H2,1-3H3. The van der Waals surface area contributed by atoms with E-state index in [2.05, 4.69) is 11.4 Å². The van der Waals surface area contributed by atoms with Gasteiger partial charge in [-0.15, -0.1) is 0 Å². The fraction of sp³-hybridized carbons (Fsp3) is 0.909. The normalized spacial score (nSPS) is 11.3. The van der Waals surface area contributed by atoms with Gasteiger partial charge >= 0.3 is 0 Å². The van der Waals surface area contributed by atoms with Gasteiger partial charge in [0.05, 0.1) is 11.5 Å². The summed E-state index contributed by atoms with van der Waals surface area (Å²) < 4.78 is 4.95. The first-order chi connectivity index (χ1) is 6.62. The molecule has 0 saturated heterocycles. The zero-order valence-electron chi connectivity index (χ0n) is 9.60. The van der Waals surface area contributed by atoms with Crippen LogP contribution in [0.1, 0.15) is 33.1 Å². The Morgan fingerprint density at radius 1 is 1.29 bits per heavy atom. The van der Waals surface area contributed by atoms with Gasteiger partial charge in [-0.3, -0.25) is 0 Å². The van der Waals surface area contributed by atoms with Crippen molar-refractivity contribution >= 4 is 0 Å². The smallest absolute Gasteiger partial charge is 0.0684 e. The van der Waals surface area contributed by atoms with Crippen molar-refractivity contribution in [3.63, 3.8) is 0 Å². The predicted octanol–water partition coefficient (Wildman–Crippen LogP) is 1.94. The minimum atomic E-state index is -0.195. The Bertz CT molecular complexity index is 173. The van der Waals surface area contributed by atoms with Crippen LogP contribution >= 0.6 is 0 Å². The molecule has 0 aliphatic carbocycles. The number of nitriles is 1. The first-order valence-corrected chi connectivity index (χ1v) is 5.23. The molecular formula is C11H22N2O. The third-order valence-electron chi connectivity index (χ3n) is 2.18. The molecule has 0 saturated carbocycles. The third-order valence-corrected chi connectivity index (χ3v) is 2.18. The first-order valence-electron chi connectivity index (χ1n) is 5.23. The fourth-order valence-electron chi connectivity index (χ4n) is 1.08. The molecule has 0 heterocycles. The summed E-state index contributed by atoms with van der Waals surface area (Å²) in [5.41, 5.74) is -0.195. The van der Waals surface area contributed by atoms with Crippen LogP contribution in [0.15, 0.2) is 0 Å². The lowest BCUT2D eigenvalue weighted by atomic mass is 9.91. The van der Waals surface area contributed by atoms with Gasteiger partial charge in [-0.25, -0.2) is 0 Å². The average molecular weight is 198 g/mol. The van der Waals surface area contributed by atoms with E-state index in [-0.39, 0.29) is 5.41 Å². The van der Waals surface area contributed by atoms with E-state index in [4.69, 9.17) is 10.00 Å². The van der Waals surface area contributed by atoms with Gasteiger partial charge in [0.15, 0.2) is 0 Å². The van der Waals surface area contributed by atoms with Crippen LogP contribution in [-0.2, 0) is 4.74 Å². The van der Waals surface area contributed by atoms with Crippen LogP contribution in [0.25, 0.3) is 0 Å². The summed E-state index contributed by atoms with van der Waals surface area (Å²) in [6.45, 7) is 6.73. The predicted molar refractivity (Wildman–Crippen MR) is 58.0 cm³/mol. The van der Waals surface area contributed by atoms with Crippen LogP contribution in [-0.4, -0.2) is 26.8 Å². The number of ether oxygens (including phenoxy) is 1. The van der Waals surface area contributed by atoms with E-state index in [1.807, 2.05) is 13.8 Å². The number of hydrogen-bond donors (Lipinski definition) is 1. The van der Waals surface area contributed by atoms with Gasteiger partial charge < -0.3 is 10.1 Å². The fourth-order valence-corrected chi connectivity index (χ4v) is 1.08. The molecule has 14 heavy (non-hydrogen) atoms. The van der Waals surface area contributed by atoms with Gasteiger partial charge in [-0.2, -0.15) is 5.26 Å². The second-order valence-corrected chi connectivity index (χ2v) is 4.20. The molecule has 0 fully saturated rings. The number of methoxy groups -OCH3 is 1. The number of hydrogen-bond acceptors (Lipinski definition) is 3. The molecule has 0 aromatic carbocycles. The lowest BCUT2D eigenvalue weighted by molar-refractivity contribution is 0.192. The van der Waals surface area contributed by atoms with Crippen molar-refractivity contribution in [2.45, 2.75) is 33.1 Å². The molecule has 82 valence electrons. The van der Waals surface area contributed by atoms with Crippen LogP contribution in [0.4, 0.5) is 0 Å². The molecule has 3 heteroatoms. The maximum absolute atomic E-state index is 8.77. The molecule has 0 aliphatic heterocycles. The minimum absolute atomic E-state index is 0.195. The Hall–Kier alpha value is -0.590. The number of rotatable bonds is 8. The largest absolute Gasteiger partial charge is 0.385 e.